The van der Waals surface area contributed by atoms with Gasteiger partial charge >= 0.3 is 0 Å². The topological polar surface area (TPSA) is 16.4 Å². The van der Waals surface area contributed by atoms with E-state index in [-0.39, 0.29) is 0 Å². The van der Waals surface area contributed by atoms with Crippen LogP contribution in [0.25, 0.3) is 77.2 Å². The summed E-state index contributed by atoms with van der Waals surface area (Å²) in [6.07, 6.45) is 0. The maximum absolute atomic E-state index is 7.02. The van der Waals surface area contributed by atoms with Crippen molar-refractivity contribution in [3.63, 3.8) is 0 Å². The van der Waals surface area contributed by atoms with E-state index in [2.05, 4.69) is 217 Å². The quantitative estimate of drug-likeness (QED) is 0.166. The summed E-state index contributed by atoms with van der Waals surface area (Å²) in [4.78, 5) is 2.32. The van der Waals surface area contributed by atoms with Gasteiger partial charge in [-0.15, -0.1) is 0 Å². The smallest absolute Gasteiger partial charge is 0.159 e. The van der Waals surface area contributed by atoms with Crippen LogP contribution in [0.5, 0.6) is 0 Å². The zero-order chi connectivity index (χ0) is 35.8. The van der Waals surface area contributed by atoms with E-state index in [9.17, 15) is 0 Å². The molecule has 0 N–H and O–H groups in total. The molecule has 1 aromatic heterocycles. The molecule has 0 amide bonds. The molecule has 0 aliphatic carbocycles. The summed E-state index contributed by atoms with van der Waals surface area (Å²) in [7, 11) is 0. The minimum Gasteiger partial charge on any atom is -0.454 e. The SMILES string of the molecule is c1ccc(-c2ccc(-c3cc4oc5c(N(c6ccc(-c7ccccc7)cc6)c6ccc(-c7ccccc7)cc6)cccc5c4c4ccccc34)cc2)cc1. The molecule has 0 bridgehead atoms. The Morgan fingerprint density at radius 3 is 1.24 bits per heavy atom. The molecule has 0 radical (unpaired) electrons. The lowest BCUT2D eigenvalue weighted by molar-refractivity contribution is 0.669. The summed E-state index contributed by atoms with van der Waals surface area (Å²) in [5, 5.41) is 4.61. The van der Waals surface area contributed by atoms with Crippen molar-refractivity contribution in [2.45, 2.75) is 0 Å². The van der Waals surface area contributed by atoms with E-state index in [1.54, 1.807) is 0 Å². The summed E-state index contributed by atoms with van der Waals surface area (Å²) in [5.41, 5.74) is 14.3. The van der Waals surface area contributed by atoms with E-state index in [0.29, 0.717) is 0 Å². The predicted octanol–water partition coefficient (Wildman–Crippen LogP) is 14.9. The second kappa shape index (κ2) is 13.4. The fourth-order valence-corrected chi connectivity index (χ4v) is 7.83. The van der Waals surface area contributed by atoms with Gasteiger partial charge in [-0.3, -0.25) is 0 Å². The van der Waals surface area contributed by atoms with Crippen LogP contribution in [0.2, 0.25) is 0 Å². The van der Waals surface area contributed by atoms with Crippen LogP contribution in [-0.4, -0.2) is 0 Å². The largest absolute Gasteiger partial charge is 0.454 e. The van der Waals surface area contributed by atoms with Crippen molar-refractivity contribution in [2.24, 2.45) is 0 Å². The molecule has 2 heteroatoms. The van der Waals surface area contributed by atoms with E-state index >= 15 is 0 Å². The molecule has 54 heavy (non-hydrogen) atoms. The minimum absolute atomic E-state index is 0.855. The number of para-hydroxylation sites is 1. The third kappa shape index (κ3) is 5.62. The van der Waals surface area contributed by atoms with Crippen LogP contribution in [0.4, 0.5) is 17.1 Å². The zero-order valence-corrected chi connectivity index (χ0v) is 29.6. The molecule has 254 valence electrons. The standard InChI is InChI=1S/C52H35NO/c1-4-13-36(14-5-1)39-23-25-42(26-24-39)48-35-50-51(46-20-11-10-19-45(46)48)47-21-12-22-49(52(47)54-50)53(43-31-27-40(28-32-43)37-15-6-2-7-16-37)44-33-29-41(30-34-44)38-17-8-3-9-18-38/h1-35H. The fraction of sp³-hybridized carbons (Fsp3) is 0. The number of nitrogens with zero attached hydrogens (tertiary/aromatic N) is 1. The number of fused-ring (bicyclic) bond motifs is 5. The Bertz CT molecular complexity index is 2790. The van der Waals surface area contributed by atoms with Crippen LogP contribution >= 0.6 is 0 Å². The first-order chi connectivity index (χ1) is 26.8. The molecule has 1 heterocycles. The maximum Gasteiger partial charge on any atom is 0.159 e. The van der Waals surface area contributed by atoms with Crippen molar-refractivity contribution in [2.75, 3.05) is 4.90 Å². The van der Waals surface area contributed by atoms with Crippen LogP contribution in [0.15, 0.2) is 217 Å². The zero-order valence-electron chi connectivity index (χ0n) is 29.6. The number of hydrogen-bond acceptors (Lipinski definition) is 2. The Balaban J connectivity index is 1.14. The van der Waals surface area contributed by atoms with Gasteiger partial charge < -0.3 is 9.32 Å². The normalized spacial score (nSPS) is 11.3. The predicted molar refractivity (Wildman–Crippen MR) is 228 cm³/mol. The Kier molecular flexibility index (Phi) is 7.85. The molecule has 10 rings (SSSR count). The van der Waals surface area contributed by atoms with Gasteiger partial charge in [0.1, 0.15) is 5.58 Å². The monoisotopic (exact) mass is 689 g/mol. The first-order valence-corrected chi connectivity index (χ1v) is 18.4. The van der Waals surface area contributed by atoms with Crippen LogP contribution < -0.4 is 4.90 Å². The first kappa shape index (κ1) is 31.6. The van der Waals surface area contributed by atoms with Crippen LogP contribution in [-0.2, 0) is 0 Å². The maximum atomic E-state index is 7.02. The van der Waals surface area contributed by atoms with Crippen molar-refractivity contribution in [3.05, 3.63) is 212 Å². The van der Waals surface area contributed by atoms with Crippen molar-refractivity contribution in [1.82, 2.24) is 0 Å². The molecule has 0 unspecified atom stereocenters. The first-order valence-electron chi connectivity index (χ1n) is 18.4. The Morgan fingerprint density at radius 1 is 0.315 bits per heavy atom. The highest BCUT2D eigenvalue weighted by molar-refractivity contribution is 6.23. The van der Waals surface area contributed by atoms with Gasteiger partial charge in [0.15, 0.2) is 5.58 Å². The van der Waals surface area contributed by atoms with E-state index < -0.39 is 0 Å². The molecular formula is C52H35NO. The van der Waals surface area contributed by atoms with Crippen LogP contribution in [0, 0.1) is 0 Å². The van der Waals surface area contributed by atoms with E-state index in [0.717, 1.165) is 50.1 Å². The second-order valence-corrected chi connectivity index (χ2v) is 13.7. The molecule has 0 saturated heterocycles. The van der Waals surface area contributed by atoms with Gasteiger partial charge in [0.2, 0.25) is 0 Å². The molecule has 0 saturated carbocycles. The lowest BCUT2D eigenvalue weighted by Gasteiger charge is -2.26. The lowest BCUT2D eigenvalue weighted by atomic mass is 9.93. The van der Waals surface area contributed by atoms with Crippen molar-refractivity contribution in [1.29, 1.82) is 0 Å². The highest BCUT2D eigenvalue weighted by atomic mass is 16.3. The van der Waals surface area contributed by atoms with Crippen LogP contribution in [0.1, 0.15) is 0 Å². The Morgan fingerprint density at radius 2 is 0.722 bits per heavy atom. The van der Waals surface area contributed by atoms with Gasteiger partial charge in [-0.1, -0.05) is 176 Å². The molecule has 2 nitrogen and oxygen atoms in total. The van der Waals surface area contributed by atoms with Gasteiger partial charge in [0, 0.05) is 22.1 Å². The molecular weight excluding hydrogens is 655 g/mol. The summed E-state index contributed by atoms with van der Waals surface area (Å²) < 4.78 is 7.02. The average molecular weight is 690 g/mol. The summed E-state index contributed by atoms with van der Waals surface area (Å²) in [5.74, 6) is 0. The molecule has 9 aromatic carbocycles. The summed E-state index contributed by atoms with van der Waals surface area (Å²) in [6.45, 7) is 0. The number of hydrogen-bond donors (Lipinski definition) is 0. The van der Waals surface area contributed by atoms with Crippen LogP contribution in [0.3, 0.4) is 0 Å². The average Bonchev–Trinajstić information content (AvgIpc) is 3.65. The number of benzene rings is 9. The highest BCUT2D eigenvalue weighted by Gasteiger charge is 2.22. The molecule has 0 spiro atoms. The van der Waals surface area contributed by atoms with Gasteiger partial charge in [0.25, 0.3) is 0 Å². The number of anilines is 3. The minimum atomic E-state index is 0.855. The lowest BCUT2D eigenvalue weighted by Crippen LogP contribution is -2.10. The third-order valence-corrected chi connectivity index (χ3v) is 10.5. The number of rotatable bonds is 7. The van der Waals surface area contributed by atoms with Gasteiger partial charge in [-0.05, 0) is 91.7 Å². The van der Waals surface area contributed by atoms with E-state index in [1.165, 1.54) is 44.2 Å². The molecule has 10 aromatic rings. The Labute approximate surface area is 314 Å². The fourth-order valence-electron chi connectivity index (χ4n) is 7.83. The van der Waals surface area contributed by atoms with E-state index in [4.69, 9.17) is 4.42 Å². The molecule has 0 fully saturated rings. The molecule has 0 aliphatic rings. The molecule has 0 aliphatic heterocycles. The summed E-state index contributed by atoms with van der Waals surface area (Å²) >= 11 is 0. The van der Waals surface area contributed by atoms with E-state index in [1.807, 2.05) is 0 Å². The van der Waals surface area contributed by atoms with Gasteiger partial charge in [-0.2, -0.15) is 0 Å². The van der Waals surface area contributed by atoms with Crippen molar-refractivity contribution in [3.8, 4) is 44.5 Å². The molecule has 0 atom stereocenters. The number of furan rings is 1. The van der Waals surface area contributed by atoms with Crippen molar-refractivity contribution >= 4 is 49.8 Å². The second-order valence-electron chi connectivity index (χ2n) is 13.7. The highest BCUT2D eigenvalue weighted by Crippen LogP contribution is 2.46. The van der Waals surface area contributed by atoms with Gasteiger partial charge in [0.05, 0.1) is 5.69 Å². The summed E-state index contributed by atoms with van der Waals surface area (Å²) in [6, 6.07) is 75.6. The Hall–Kier alpha value is -7.16. The van der Waals surface area contributed by atoms with Crippen molar-refractivity contribution < 1.29 is 4.42 Å². The third-order valence-electron chi connectivity index (χ3n) is 10.5. The van der Waals surface area contributed by atoms with Gasteiger partial charge in [-0.25, -0.2) is 0 Å².